The van der Waals surface area contributed by atoms with E-state index in [2.05, 4.69) is 15.2 Å². The number of nitriles is 1. The van der Waals surface area contributed by atoms with Crippen molar-refractivity contribution in [3.63, 3.8) is 0 Å². The van der Waals surface area contributed by atoms with Crippen LogP contribution in [-0.4, -0.2) is 65.7 Å². The fourth-order valence-corrected chi connectivity index (χ4v) is 4.11. The van der Waals surface area contributed by atoms with Crippen LogP contribution in [-0.2, 0) is 4.74 Å². The molecule has 0 unspecified atom stereocenters. The van der Waals surface area contributed by atoms with Gasteiger partial charge in [-0.15, -0.1) is 0 Å². The summed E-state index contributed by atoms with van der Waals surface area (Å²) in [6, 6.07) is 11.6. The summed E-state index contributed by atoms with van der Waals surface area (Å²) in [6.45, 7) is 2.92. The first kappa shape index (κ1) is 20.3. The van der Waals surface area contributed by atoms with Crippen molar-refractivity contribution in [3.8, 4) is 6.07 Å². The minimum atomic E-state index is -1.09. The minimum Gasteiger partial charge on any atom is -0.390 e. The summed E-state index contributed by atoms with van der Waals surface area (Å²) in [5.41, 5.74) is 1.56. The number of nitrogens with zero attached hydrogens (tertiary/aromatic N) is 3. The molecule has 2 aromatic rings. The number of aliphatic hydroxyl groups excluding tert-OH is 2. The van der Waals surface area contributed by atoms with E-state index in [0.717, 1.165) is 24.5 Å². The van der Waals surface area contributed by atoms with E-state index >= 15 is 0 Å². The standard InChI is InChI=1S/C22H24N4O4/c23-12-14-2-1-3-15(10-14)22(29)25-20-17(11-18(27)21(20)28)16-4-5-19(24-13-16)26-6-8-30-9-7-26/h1-5,10,13,17-18,20-21,27-28H,6-9,11H2,(H,25,29)/t17-,18-,20-,21-/m1/s1. The van der Waals surface area contributed by atoms with Gasteiger partial charge in [-0.25, -0.2) is 4.98 Å². The van der Waals surface area contributed by atoms with E-state index < -0.39 is 24.2 Å². The highest BCUT2D eigenvalue weighted by Gasteiger charge is 2.43. The molecule has 8 nitrogen and oxygen atoms in total. The number of nitrogens with one attached hydrogen (secondary N) is 1. The summed E-state index contributed by atoms with van der Waals surface area (Å²) in [7, 11) is 0. The lowest BCUT2D eigenvalue weighted by molar-refractivity contribution is 0.0294. The Morgan fingerprint density at radius 3 is 2.73 bits per heavy atom. The van der Waals surface area contributed by atoms with Crippen LogP contribution in [0.4, 0.5) is 5.82 Å². The number of pyridine rings is 1. The second-order valence-corrected chi connectivity index (χ2v) is 7.64. The molecule has 1 saturated carbocycles. The number of anilines is 1. The van der Waals surface area contributed by atoms with E-state index in [9.17, 15) is 15.0 Å². The van der Waals surface area contributed by atoms with Gasteiger partial charge in [-0.1, -0.05) is 12.1 Å². The van der Waals surface area contributed by atoms with E-state index in [-0.39, 0.29) is 5.92 Å². The fourth-order valence-electron chi connectivity index (χ4n) is 4.11. The second-order valence-electron chi connectivity index (χ2n) is 7.64. The highest BCUT2D eigenvalue weighted by atomic mass is 16.5. The second kappa shape index (κ2) is 8.79. The summed E-state index contributed by atoms with van der Waals surface area (Å²) in [5, 5.41) is 32.6. The molecule has 0 bridgehead atoms. The van der Waals surface area contributed by atoms with Gasteiger partial charge < -0.3 is 25.2 Å². The first-order valence-electron chi connectivity index (χ1n) is 10.0. The monoisotopic (exact) mass is 408 g/mol. The average molecular weight is 408 g/mol. The van der Waals surface area contributed by atoms with Crippen LogP contribution in [0, 0.1) is 11.3 Å². The quantitative estimate of drug-likeness (QED) is 0.685. The predicted octanol–water partition coefficient (Wildman–Crippen LogP) is 0.798. The van der Waals surface area contributed by atoms with Crippen molar-refractivity contribution in [1.29, 1.82) is 5.26 Å². The zero-order valence-electron chi connectivity index (χ0n) is 16.4. The Kier molecular flexibility index (Phi) is 5.95. The Balaban J connectivity index is 1.51. The number of amides is 1. The number of carbonyl (C=O) groups excluding carboxylic acids is 1. The number of hydrogen-bond acceptors (Lipinski definition) is 7. The van der Waals surface area contributed by atoms with Crippen molar-refractivity contribution in [2.24, 2.45) is 0 Å². The summed E-state index contributed by atoms with van der Waals surface area (Å²) >= 11 is 0. The van der Waals surface area contributed by atoms with Crippen LogP contribution in [0.3, 0.4) is 0 Å². The Morgan fingerprint density at radius 2 is 2.03 bits per heavy atom. The largest absolute Gasteiger partial charge is 0.390 e. The summed E-state index contributed by atoms with van der Waals surface area (Å²) in [5.74, 6) is 0.188. The number of carbonyl (C=O) groups is 1. The van der Waals surface area contributed by atoms with Gasteiger partial charge in [0.25, 0.3) is 5.91 Å². The van der Waals surface area contributed by atoms with Crippen molar-refractivity contribution in [3.05, 3.63) is 59.3 Å². The van der Waals surface area contributed by atoms with Crippen LogP contribution in [0.25, 0.3) is 0 Å². The van der Waals surface area contributed by atoms with Crippen molar-refractivity contribution >= 4 is 11.7 Å². The maximum atomic E-state index is 12.7. The maximum Gasteiger partial charge on any atom is 0.251 e. The zero-order valence-corrected chi connectivity index (χ0v) is 16.4. The molecule has 1 aromatic carbocycles. The molecule has 0 radical (unpaired) electrons. The fraction of sp³-hybridized carbons (Fsp3) is 0.409. The lowest BCUT2D eigenvalue weighted by atomic mass is 9.94. The molecule has 156 valence electrons. The number of rotatable bonds is 4. The van der Waals surface area contributed by atoms with Gasteiger partial charge >= 0.3 is 0 Å². The maximum absolute atomic E-state index is 12.7. The van der Waals surface area contributed by atoms with Gasteiger partial charge in [0, 0.05) is 30.8 Å². The topological polar surface area (TPSA) is 119 Å². The van der Waals surface area contributed by atoms with Gasteiger partial charge in [0.15, 0.2) is 0 Å². The molecule has 1 aliphatic heterocycles. The lowest BCUT2D eigenvalue weighted by Gasteiger charge is -2.28. The van der Waals surface area contributed by atoms with Crippen LogP contribution in [0.1, 0.15) is 33.8 Å². The van der Waals surface area contributed by atoms with Gasteiger partial charge in [0.2, 0.25) is 0 Å². The third-order valence-corrected chi connectivity index (χ3v) is 5.78. The van der Waals surface area contributed by atoms with Crippen molar-refractivity contribution in [1.82, 2.24) is 10.3 Å². The highest BCUT2D eigenvalue weighted by molar-refractivity contribution is 5.94. The van der Waals surface area contributed by atoms with Crippen LogP contribution in [0.15, 0.2) is 42.6 Å². The molecule has 1 amide bonds. The predicted molar refractivity (Wildman–Crippen MR) is 109 cm³/mol. The van der Waals surface area contributed by atoms with E-state index in [4.69, 9.17) is 10.00 Å². The molecule has 2 fully saturated rings. The van der Waals surface area contributed by atoms with E-state index in [1.165, 1.54) is 6.07 Å². The normalized spacial score (nSPS) is 26.2. The summed E-state index contributed by atoms with van der Waals surface area (Å²) in [6.07, 6.45) is 0.0418. The first-order chi connectivity index (χ1) is 14.6. The number of ether oxygens (including phenoxy) is 1. The summed E-state index contributed by atoms with van der Waals surface area (Å²) < 4.78 is 5.37. The van der Waals surface area contributed by atoms with Crippen molar-refractivity contribution in [2.45, 2.75) is 30.6 Å². The number of aliphatic hydroxyl groups is 2. The van der Waals surface area contributed by atoms with Gasteiger partial charge in [-0.3, -0.25) is 4.79 Å². The van der Waals surface area contributed by atoms with Crippen molar-refractivity contribution < 1.29 is 19.7 Å². The zero-order chi connectivity index (χ0) is 21.1. The van der Waals surface area contributed by atoms with Gasteiger partial charge in [-0.2, -0.15) is 5.26 Å². The van der Waals surface area contributed by atoms with Crippen LogP contribution >= 0.6 is 0 Å². The van der Waals surface area contributed by atoms with E-state index in [1.54, 1.807) is 24.4 Å². The number of benzene rings is 1. The van der Waals surface area contributed by atoms with Gasteiger partial charge in [0.1, 0.15) is 11.9 Å². The first-order valence-corrected chi connectivity index (χ1v) is 10.0. The Labute approximate surface area is 174 Å². The molecule has 4 rings (SSSR count). The molecule has 4 atom stereocenters. The molecular weight excluding hydrogens is 384 g/mol. The number of hydrogen-bond donors (Lipinski definition) is 3. The average Bonchev–Trinajstić information content (AvgIpc) is 3.08. The Bertz CT molecular complexity index is 937. The number of aromatic nitrogens is 1. The van der Waals surface area contributed by atoms with Gasteiger partial charge in [-0.05, 0) is 36.2 Å². The molecule has 2 aliphatic rings. The van der Waals surface area contributed by atoms with E-state index in [0.29, 0.717) is 30.8 Å². The lowest BCUT2D eigenvalue weighted by Crippen LogP contribution is -2.45. The van der Waals surface area contributed by atoms with Crippen LogP contribution in [0.5, 0.6) is 0 Å². The Hall–Kier alpha value is -2.99. The SMILES string of the molecule is N#Cc1cccc(C(=O)N[C@H]2[C@H](O)[C@H](O)C[C@@H]2c2ccc(N3CCOCC3)nc2)c1. The van der Waals surface area contributed by atoms with E-state index in [1.807, 2.05) is 18.2 Å². The molecule has 1 saturated heterocycles. The molecule has 0 spiro atoms. The molecular formula is C22H24N4O4. The molecule has 1 aliphatic carbocycles. The Morgan fingerprint density at radius 1 is 1.23 bits per heavy atom. The third kappa shape index (κ3) is 4.14. The molecule has 30 heavy (non-hydrogen) atoms. The highest BCUT2D eigenvalue weighted by Crippen LogP contribution is 2.35. The van der Waals surface area contributed by atoms with Crippen molar-refractivity contribution in [2.75, 3.05) is 31.2 Å². The van der Waals surface area contributed by atoms with Crippen LogP contribution in [0.2, 0.25) is 0 Å². The summed E-state index contributed by atoms with van der Waals surface area (Å²) in [4.78, 5) is 19.4. The molecule has 3 N–H and O–H groups in total. The smallest absolute Gasteiger partial charge is 0.251 e. The minimum absolute atomic E-state index is 0.274. The third-order valence-electron chi connectivity index (χ3n) is 5.78. The molecule has 8 heteroatoms. The van der Waals surface area contributed by atoms with Gasteiger partial charge in [0.05, 0.1) is 37.0 Å². The molecule has 1 aromatic heterocycles. The number of morpholine rings is 1. The van der Waals surface area contributed by atoms with Crippen LogP contribution < -0.4 is 10.2 Å². The molecule has 2 heterocycles.